The van der Waals surface area contributed by atoms with Crippen LogP contribution in [0.4, 0.5) is 24.7 Å². The van der Waals surface area contributed by atoms with E-state index in [-0.39, 0.29) is 40.8 Å². The van der Waals surface area contributed by atoms with Gasteiger partial charge in [0.05, 0.1) is 24.5 Å². The van der Waals surface area contributed by atoms with Gasteiger partial charge < -0.3 is 24.4 Å². The van der Waals surface area contributed by atoms with Crippen LogP contribution in [0.25, 0.3) is 0 Å². The zero-order chi connectivity index (χ0) is 31.5. The molecule has 236 valence electrons. The fraction of sp³-hybridized carbons (Fsp3) is 0.594. The molecule has 1 aliphatic heterocycles. The second kappa shape index (κ2) is 13.5. The second-order valence-corrected chi connectivity index (χ2v) is 12.4. The Balaban J connectivity index is 1.74. The summed E-state index contributed by atoms with van der Waals surface area (Å²) in [7, 11) is 0. The third-order valence-corrected chi connectivity index (χ3v) is 8.08. The van der Waals surface area contributed by atoms with Crippen LogP contribution in [0.2, 0.25) is 0 Å². The zero-order valence-corrected chi connectivity index (χ0v) is 25.5. The zero-order valence-electron chi connectivity index (χ0n) is 25.5. The van der Waals surface area contributed by atoms with E-state index in [9.17, 15) is 27.9 Å². The Labute approximate surface area is 251 Å². The van der Waals surface area contributed by atoms with Gasteiger partial charge in [-0.25, -0.2) is 4.79 Å². The van der Waals surface area contributed by atoms with Gasteiger partial charge in [0.15, 0.2) is 0 Å². The summed E-state index contributed by atoms with van der Waals surface area (Å²) in [5.41, 5.74) is -0.626. The molecule has 1 aromatic heterocycles. The quantitative estimate of drug-likeness (QED) is 0.323. The summed E-state index contributed by atoms with van der Waals surface area (Å²) in [4.78, 5) is 33.8. The highest BCUT2D eigenvalue weighted by atomic mass is 19.4. The SMILES string of the molecule is CC(C)Cc1cc(C(F)(F)F)c(Oc2ccc(N(C(=O)C3CCC(C)CC3)C(C)C)c(C(=O)O)c2)nc1N1CCOCC1. The maximum Gasteiger partial charge on any atom is 0.421 e. The normalized spacial score (nSPS) is 19.5. The van der Waals surface area contributed by atoms with Gasteiger partial charge in [-0.05, 0) is 87.6 Å². The Hall–Kier alpha value is -3.34. The fourth-order valence-electron chi connectivity index (χ4n) is 5.88. The molecule has 2 fully saturated rings. The Bertz CT molecular complexity index is 1300. The van der Waals surface area contributed by atoms with Crippen molar-refractivity contribution in [1.82, 2.24) is 4.98 Å². The minimum atomic E-state index is -4.76. The molecule has 1 N–H and O–H groups in total. The monoisotopic (exact) mass is 605 g/mol. The summed E-state index contributed by atoms with van der Waals surface area (Å²) >= 11 is 0. The Morgan fingerprint density at radius 3 is 2.30 bits per heavy atom. The number of carbonyl (C=O) groups is 2. The number of pyridine rings is 1. The van der Waals surface area contributed by atoms with Crippen LogP contribution in [0.15, 0.2) is 24.3 Å². The number of morpholine rings is 1. The Morgan fingerprint density at radius 1 is 1.09 bits per heavy atom. The van der Waals surface area contributed by atoms with Crippen molar-refractivity contribution in [3.05, 3.63) is 41.0 Å². The van der Waals surface area contributed by atoms with E-state index in [0.29, 0.717) is 50.0 Å². The maximum atomic E-state index is 14.3. The fourth-order valence-corrected chi connectivity index (χ4v) is 5.88. The molecule has 1 amide bonds. The number of aromatic nitrogens is 1. The molecule has 0 radical (unpaired) electrons. The van der Waals surface area contributed by atoms with Crippen LogP contribution in [-0.2, 0) is 22.1 Å². The predicted octanol–water partition coefficient (Wildman–Crippen LogP) is 7.19. The highest BCUT2D eigenvalue weighted by molar-refractivity contribution is 6.03. The number of alkyl halides is 3. The minimum absolute atomic E-state index is 0.0868. The van der Waals surface area contributed by atoms with E-state index in [4.69, 9.17) is 9.47 Å². The third kappa shape index (κ3) is 7.79. The van der Waals surface area contributed by atoms with Crippen molar-refractivity contribution in [1.29, 1.82) is 0 Å². The van der Waals surface area contributed by atoms with Crippen LogP contribution < -0.4 is 14.5 Å². The molecule has 0 atom stereocenters. The molecule has 2 aromatic rings. The predicted molar refractivity (Wildman–Crippen MR) is 158 cm³/mol. The summed E-state index contributed by atoms with van der Waals surface area (Å²) in [6.07, 6.45) is -1.05. The number of hydrogen-bond acceptors (Lipinski definition) is 6. The first-order valence-electron chi connectivity index (χ1n) is 15.1. The summed E-state index contributed by atoms with van der Waals surface area (Å²) < 4.78 is 54.1. The summed E-state index contributed by atoms with van der Waals surface area (Å²) in [6, 6.07) is 4.75. The number of benzene rings is 1. The van der Waals surface area contributed by atoms with Crippen LogP contribution in [0, 0.1) is 17.8 Å². The number of rotatable bonds is 9. The van der Waals surface area contributed by atoms with Crippen molar-refractivity contribution < 1.29 is 37.3 Å². The van der Waals surface area contributed by atoms with Gasteiger partial charge in [0, 0.05) is 25.0 Å². The van der Waals surface area contributed by atoms with Gasteiger partial charge in [0.2, 0.25) is 11.8 Å². The number of carboxylic acid groups (broad SMARTS) is 1. The lowest BCUT2D eigenvalue weighted by molar-refractivity contribution is -0.139. The van der Waals surface area contributed by atoms with Gasteiger partial charge in [-0.1, -0.05) is 20.8 Å². The van der Waals surface area contributed by atoms with Crippen molar-refractivity contribution in [2.75, 3.05) is 36.1 Å². The topological polar surface area (TPSA) is 92.2 Å². The number of hydrogen-bond donors (Lipinski definition) is 1. The first-order chi connectivity index (χ1) is 20.3. The van der Waals surface area contributed by atoms with E-state index in [2.05, 4.69) is 11.9 Å². The van der Waals surface area contributed by atoms with Crippen molar-refractivity contribution in [3.63, 3.8) is 0 Å². The van der Waals surface area contributed by atoms with E-state index in [1.807, 2.05) is 32.6 Å². The number of amides is 1. The number of aromatic carboxylic acids is 1. The number of nitrogens with zero attached hydrogens (tertiary/aromatic N) is 3. The molecule has 0 spiro atoms. The van der Waals surface area contributed by atoms with Gasteiger partial charge in [0.25, 0.3) is 0 Å². The first kappa shape index (κ1) is 32.6. The molecule has 1 aromatic carbocycles. The largest absolute Gasteiger partial charge is 0.478 e. The van der Waals surface area contributed by atoms with Gasteiger partial charge in [0.1, 0.15) is 17.1 Å². The van der Waals surface area contributed by atoms with E-state index in [1.165, 1.54) is 23.1 Å². The lowest BCUT2D eigenvalue weighted by Crippen LogP contribution is -2.42. The lowest BCUT2D eigenvalue weighted by Gasteiger charge is -2.34. The number of halogens is 3. The van der Waals surface area contributed by atoms with E-state index < -0.39 is 23.6 Å². The smallest absolute Gasteiger partial charge is 0.421 e. The molecule has 1 saturated heterocycles. The van der Waals surface area contributed by atoms with Gasteiger partial charge >= 0.3 is 12.1 Å². The molecule has 11 heteroatoms. The highest BCUT2D eigenvalue weighted by Gasteiger charge is 2.38. The highest BCUT2D eigenvalue weighted by Crippen LogP contribution is 2.41. The Kier molecular flexibility index (Phi) is 10.2. The molecular weight excluding hydrogens is 563 g/mol. The number of ether oxygens (including phenoxy) is 2. The maximum absolute atomic E-state index is 14.3. The summed E-state index contributed by atoms with van der Waals surface area (Å²) in [5.74, 6) is -1.42. The molecule has 1 saturated carbocycles. The van der Waals surface area contributed by atoms with Crippen LogP contribution in [0.5, 0.6) is 11.6 Å². The third-order valence-electron chi connectivity index (χ3n) is 8.08. The average molecular weight is 606 g/mol. The van der Waals surface area contributed by atoms with Crippen molar-refractivity contribution in [3.8, 4) is 11.6 Å². The van der Waals surface area contributed by atoms with Crippen molar-refractivity contribution in [2.45, 2.75) is 78.9 Å². The van der Waals surface area contributed by atoms with Crippen molar-refractivity contribution >= 4 is 23.4 Å². The minimum Gasteiger partial charge on any atom is -0.478 e. The molecule has 2 aliphatic rings. The van der Waals surface area contributed by atoms with Crippen LogP contribution in [0.3, 0.4) is 0 Å². The second-order valence-electron chi connectivity index (χ2n) is 12.4. The van der Waals surface area contributed by atoms with E-state index in [0.717, 1.165) is 31.7 Å². The standard InChI is InChI=1S/C32H42F3N3O5/c1-19(2)16-23-17-26(32(33,34)35)29(36-28(23)37-12-14-42-15-13-37)43-24-10-11-27(25(18-24)31(40)41)38(20(3)4)30(39)22-8-6-21(5)7-9-22/h10-11,17-22H,6-9,12-16H2,1-5H3,(H,40,41). The average Bonchev–Trinajstić information content (AvgIpc) is 2.94. The van der Waals surface area contributed by atoms with Gasteiger partial charge in [-0.3, -0.25) is 4.79 Å². The van der Waals surface area contributed by atoms with Crippen LogP contribution in [-0.4, -0.2) is 54.3 Å². The molecule has 43 heavy (non-hydrogen) atoms. The van der Waals surface area contributed by atoms with Gasteiger partial charge in [-0.2, -0.15) is 18.2 Å². The van der Waals surface area contributed by atoms with E-state index >= 15 is 0 Å². The molecular formula is C32H42F3N3O5. The molecule has 0 bridgehead atoms. The molecule has 4 rings (SSSR count). The number of carbonyl (C=O) groups excluding carboxylic acids is 1. The molecule has 2 heterocycles. The summed E-state index contributed by atoms with van der Waals surface area (Å²) in [6.45, 7) is 11.4. The van der Waals surface area contributed by atoms with Crippen molar-refractivity contribution in [2.24, 2.45) is 17.8 Å². The molecule has 1 aliphatic carbocycles. The number of anilines is 2. The lowest BCUT2D eigenvalue weighted by atomic mass is 9.82. The molecule has 0 unspecified atom stereocenters. The molecule has 8 nitrogen and oxygen atoms in total. The first-order valence-corrected chi connectivity index (χ1v) is 15.1. The number of carboxylic acids is 1. The Morgan fingerprint density at radius 2 is 1.74 bits per heavy atom. The van der Waals surface area contributed by atoms with Crippen LogP contribution in [0.1, 0.15) is 81.8 Å². The van der Waals surface area contributed by atoms with Crippen LogP contribution >= 0.6 is 0 Å². The van der Waals surface area contributed by atoms with Gasteiger partial charge in [-0.15, -0.1) is 0 Å². The summed E-state index contributed by atoms with van der Waals surface area (Å²) in [5, 5.41) is 10.1. The van der Waals surface area contributed by atoms with E-state index in [1.54, 1.807) is 0 Å².